The maximum Gasteiger partial charge on any atom is 0.271 e. The van der Waals surface area contributed by atoms with Gasteiger partial charge in [-0.05, 0) is 23.8 Å². The molecule has 0 aliphatic heterocycles. The molecule has 2 aromatic carbocycles. The molecule has 0 unspecified atom stereocenters. The fourth-order valence-electron chi connectivity index (χ4n) is 1.75. The third-order valence-electron chi connectivity index (χ3n) is 2.69. The quantitative estimate of drug-likeness (QED) is 0.648. The summed E-state index contributed by atoms with van der Waals surface area (Å²) in [4.78, 5) is 22.2. The Bertz CT molecular complexity index is 706. The second-order valence-corrected chi connectivity index (χ2v) is 5.60. The van der Waals surface area contributed by atoms with Gasteiger partial charge >= 0.3 is 0 Å². The van der Waals surface area contributed by atoms with Gasteiger partial charge in [-0.15, -0.1) is 0 Å². The van der Waals surface area contributed by atoms with Crippen LogP contribution >= 0.6 is 27.5 Å². The number of carbonyl (C=O) groups excluding carboxylic acids is 1. The first-order valence-electron chi connectivity index (χ1n) is 5.94. The van der Waals surface area contributed by atoms with Crippen LogP contribution in [0.1, 0.15) is 5.56 Å². The van der Waals surface area contributed by atoms with Crippen LogP contribution in [0.4, 0.5) is 11.4 Å². The molecule has 0 fully saturated rings. The van der Waals surface area contributed by atoms with Crippen molar-refractivity contribution < 1.29 is 9.72 Å². The van der Waals surface area contributed by atoms with Crippen LogP contribution in [-0.4, -0.2) is 10.8 Å². The van der Waals surface area contributed by atoms with Crippen molar-refractivity contribution in [2.24, 2.45) is 0 Å². The van der Waals surface area contributed by atoms with Crippen LogP contribution < -0.4 is 5.32 Å². The lowest BCUT2D eigenvalue weighted by Gasteiger charge is -2.07. The van der Waals surface area contributed by atoms with Gasteiger partial charge in [-0.1, -0.05) is 39.7 Å². The van der Waals surface area contributed by atoms with Crippen molar-refractivity contribution in [2.45, 2.75) is 6.42 Å². The van der Waals surface area contributed by atoms with Gasteiger partial charge in [0.05, 0.1) is 22.1 Å². The van der Waals surface area contributed by atoms with Gasteiger partial charge < -0.3 is 5.32 Å². The van der Waals surface area contributed by atoms with E-state index in [2.05, 4.69) is 21.2 Å². The second-order valence-electron chi connectivity index (χ2n) is 4.28. The Hall–Kier alpha value is -1.92. The summed E-state index contributed by atoms with van der Waals surface area (Å²) in [6.07, 6.45) is 0.151. The van der Waals surface area contributed by atoms with Gasteiger partial charge in [-0.2, -0.15) is 0 Å². The van der Waals surface area contributed by atoms with Crippen LogP contribution in [0.15, 0.2) is 46.9 Å². The van der Waals surface area contributed by atoms with E-state index >= 15 is 0 Å². The van der Waals surface area contributed by atoms with Crippen LogP contribution in [0.5, 0.6) is 0 Å². The molecular formula is C14H10BrClN2O3. The average molecular weight is 370 g/mol. The zero-order chi connectivity index (χ0) is 15.4. The number of nitro groups is 1. The van der Waals surface area contributed by atoms with Crippen molar-refractivity contribution in [3.63, 3.8) is 0 Å². The van der Waals surface area contributed by atoms with Gasteiger partial charge in [0.2, 0.25) is 5.91 Å². The third kappa shape index (κ3) is 4.27. The molecule has 7 heteroatoms. The molecule has 0 aromatic heterocycles. The Morgan fingerprint density at radius 3 is 2.71 bits per heavy atom. The Morgan fingerprint density at radius 2 is 2.05 bits per heavy atom. The molecule has 0 atom stereocenters. The molecule has 1 amide bonds. The number of nitrogens with one attached hydrogen (secondary N) is 1. The molecule has 108 valence electrons. The highest BCUT2D eigenvalue weighted by Gasteiger charge is 2.12. The molecule has 5 nitrogen and oxygen atoms in total. The van der Waals surface area contributed by atoms with E-state index in [1.807, 2.05) is 24.3 Å². The second kappa shape index (κ2) is 6.69. The van der Waals surface area contributed by atoms with Crippen molar-refractivity contribution in [2.75, 3.05) is 5.32 Å². The maximum absolute atomic E-state index is 12.0. The molecule has 0 saturated heterocycles. The van der Waals surface area contributed by atoms with Gasteiger partial charge in [0, 0.05) is 16.6 Å². The Balaban J connectivity index is 2.12. The number of halogens is 2. The normalized spacial score (nSPS) is 10.2. The Morgan fingerprint density at radius 1 is 1.29 bits per heavy atom. The summed E-state index contributed by atoms with van der Waals surface area (Å²) < 4.78 is 0.876. The molecule has 0 spiro atoms. The van der Waals surface area contributed by atoms with E-state index in [9.17, 15) is 14.9 Å². The minimum absolute atomic E-state index is 0.128. The van der Waals surface area contributed by atoms with Gasteiger partial charge in [0.15, 0.2) is 0 Å². The molecule has 1 N–H and O–H groups in total. The number of non-ortho nitro benzene ring substituents is 1. The number of anilines is 1. The summed E-state index contributed by atoms with van der Waals surface area (Å²) in [5, 5.41) is 13.6. The number of hydrogen-bond acceptors (Lipinski definition) is 3. The lowest BCUT2D eigenvalue weighted by Crippen LogP contribution is -2.14. The van der Waals surface area contributed by atoms with Gasteiger partial charge in [0.25, 0.3) is 5.69 Å². The molecule has 2 rings (SSSR count). The minimum Gasteiger partial charge on any atom is -0.324 e. The third-order valence-corrected chi connectivity index (χ3v) is 3.51. The summed E-state index contributed by atoms with van der Waals surface area (Å²) in [7, 11) is 0. The molecule has 0 saturated carbocycles. The van der Waals surface area contributed by atoms with Crippen LogP contribution in [0.2, 0.25) is 5.02 Å². The summed E-state index contributed by atoms with van der Waals surface area (Å²) in [5.74, 6) is -0.296. The van der Waals surface area contributed by atoms with E-state index in [0.29, 0.717) is 0 Å². The zero-order valence-corrected chi connectivity index (χ0v) is 13.0. The first-order valence-corrected chi connectivity index (χ1v) is 7.11. The number of nitrogens with zero attached hydrogens (tertiary/aromatic N) is 1. The van der Waals surface area contributed by atoms with Crippen molar-refractivity contribution in [1.29, 1.82) is 0 Å². The molecular weight excluding hydrogens is 360 g/mol. The standard InChI is InChI=1S/C14H10BrClN2O3/c15-10-3-1-2-9(6-10)7-14(19)17-13-8-11(18(20)21)4-5-12(13)16/h1-6,8H,7H2,(H,17,19). The van der Waals surface area contributed by atoms with E-state index in [1.165, 1.54) is 18.2 Å². The van der Waals surface area contributed by atoms with Crippen molar-refractivity contribution in [3.8, 4) is 0 Å². The van der Waals surface area contributed by atoms with Crippen molar-refractivity contribution in [1.82, 2.24) is 0 Å². The lowest BCUT2D eigenvalue weighted by molar-refractivity contribution is -0.384. The molecule has 21 heavy (non-hydrogen) atoms. The molecule has 0 aliphatic rings. The predicted octanol–water partition coefficient (Wildman–Crippen LogP) is 4.19. The summed E-state index contributed by atoms with van der Waals surface area (Å²) in [6, 6.07) is 11.2. The van der Waals surface area contributed by atoms with Crippen LogP contribution in [0.3, 0.4) is 0 Å². The lowest BCUT2D eigenvalue weighted by atomic mass is 10.1. The highest BCUT2D eigenvalue weighted by atomic mass is 79.9. The fourth-order valence-corrected chi connectivity index (χ4v) is 2.36. The topological polar surface area (TPSA) is 72.2 Å². The number of rotatable bonds is 4. The Kier molecular flexibility index (Phi) is 4.93. The highest BCUT2D eigenvalue weighted by Crippen LogP contribution is 2.26. The van der Waals surface area contributed by atoms with E-state index < -0.39 is 4.92 Å². The zero-order valence-electron chi connectivity index (χ0n) is 10.7. The van der Waals surface area contributed by atoms with Gasteiger partial charge in [-0.3, -0.25) is 14.9 Å². The van der Waals surface area contributed by atoms with E-state index in [-0.39, 0.29) is 28.7 Å². The average Bonchev–Trinajstić information content (AvgIpc) is 2.41. The number of amides is 1. The molecule has 0 aliphatic carbocycles. The largest absolute Gasteiger partial charge is 0.324 e. The molecule has 0 radical (unpaired) electrons. The monoisotopic (exact) mass is 368 g/mol. The van der Waals surface area contributed by atoms with Crippen molar-refractivity contribution >= 4 is 44.8 Å². The van der Waals surface area contributed by atoms with E-state index in [1.54, 1.807) is 0 Å². The number of hydrogen-bond donors (Lipinski definition) is 1. The maximum atomic E-state index is 12.0. The number of nitro benzene ring substituents is 1. The number of benzene rings is 2. The van der Waals surface area contributed by atoms with Crippen LogP contribution in [0.25, 0.3) is 0 Å². The minimum atomic E-state index is -0.541. The highest BCUT2D eigenvalue weighted by molar-refractivity contribution is 9.10. The van der Waals surface area contributed by atoms with Crippen LogP contribution in [0, 0.1) is 10.1 Å². The summed E-state index contributed by atoms with van der Waals surface area (Å²) >= 11 is 9.26. The fraction of sp³-hybridized carbons (Fsp3) is 0.0714. The van der Waals surface area contributed by atoms with Crippen molar-refractivity contribution in [3.05, 3.63) is 67.6 Å². The number of carbonyl (C=O) groups is 1. The first kappa shape index (κ1) is 15.5. The molecule has 0 heterocycles. The van der Waals surface area contributed by atoms with E-state index in [0.717, 1.165) is 10.0 Å². The summed E-state index contributed by atoms with van der Waals surface area (Å²) in [5.41, 5.74) is 0.923. The molecule has 2 aromatic rings. The Labute approximate surface area is 134 Å². The smallest absolute Gasteiger partial charge is 0.271 e. The first-order chi connectivity index (χ1) is 9.95. The predicted molar refractivity (Wildman–Crippen MR) is 84.6 cm³/mol. The molecule has 0 bridgehead atoms. The van der Waals surface area contributed by atoms with Crippen LogP contribution in [-0.2, 0) is 11.2 Å². The SMILES string of the molecule is O=C(Cc1cccc(Br)c1)Nc1cc([N+](=O)[O-])ccc1Cl. The van der Waals surface area contributed by atoms with Gasteiger partial charge in [0.1, 0.15) is 0 Å². The van der Waals surface area contributed by atoms with Gasteiger partial charge in [-0.25, -0.2) is 0 Å². The van der Waals surface area contributed by atoms with E-state index in [4.69, 9.17) is 11.6 Å². The summed E-state index contributed by atoms with van der Waals surface area (Å²) in [6.45, 7) is 0.